The maximum atomic E-state index is 11.4. The van der Waals surface area contributed by atoms with E-state index in [1.807, 2.05) is 12.1 Å². The number of ether oxygens (including phenoxy) is 1. The third kappa shape index (κ3) is 4.92. The number of hydrogen-bond acceptors (Lipinski definition) is 4. The zero-order valence-electron chi connectivity index (χ0n) is 11.8. The van der Waals surface area contributed by atoms with E-state index in [0.29, 0.717) is 19.5 Å². The molecule has 0 spiro atoms. The molecule has 0 saturated carbocycles. The Labute approximate surface area is 120 Å². The highest BCUT2D eigenvalue weighted by atomic mass is 16.5. The summed E-state index contributed by atoms with van der Waals surface area (Å²) in [5, 5.41) is 2.88. The molecule has 1 aromatic rings. The highest BCUT2D eigenvalue weighted by molar-refractivity contribution is 5.76. The van der Waals surface area contributed by atoms with Crippen LogP contribution in [-0.4, -0.2) is 43.7 Å². The van der Waals surface area contributed by atoms with Gasteiger partial charge < -0.3 is 15.8 Å². The van der Waals surface area contributed by atoms with E-state index in [2.05, 4.69) is 22.3 Å². The van der Waals surface area contributed by atoms with Crippen LogP contribution in [0.2, 0.25) is 0 Å². The summed E-state index contributed by atoms with van der Waals surface area (Å²) >= 11 is 0. The van der Waals surface area contributed by atoms with Gasteiger partial charge in [0.1, 0.15) is 0 Å². The van der Waals surface area contributed by atoms with Crippen molar-refractivity contribution in [3.8, 4) is 0 Å². The van der Waals surface area contributed by atoms with Crippen LogP contribution in [0.5, 0.6) is 0 Å². The van der Waals surface area contributed by atoms with Gasteiger partial charge in [0, 0.05) is 39.1 Å². The summed E-state index contributed by atoms with van der Waals surface area (Å²) < 4.78 is 5.35. The average Bonchev–Trinajstić information content (AvgIpc) is 2.47. The zero-order chi connectivity index (χ0) is 14.2. The van der Waals surface area contributed by atoms with E-state index in [0.717, 1.165) is 38.4 Å². The van der Waals surface area contributed by atoms with Crippen molar-refractivity contribution in [2.24, 2.45) is 5.73 Å². The third-order valence-electron chi connectivity index (χ3n) is 3.36. The molecule has 110 valence electrons. The van der Waals surface area contributed by atoms with Crippen LogP contribution in [0.4, 0.5) is 0 Å². The number of morpholine rings is 1. The molecular formula is C15H23N3O2. The molecule has 1 aromatic carbocycles. The van der Waals surface area contributed by atoms with Crippen LogP contribution in [0, 0.1) is 0 Å². The second-order valence-corrected chi connectivity index (χ2v) is 5.02. The molecule has 0 aromatic heterocycles. The summed E-state index contributed by atoms with van der Waals surface area (Å²) in [6.07, 6.45) is 0.382. The fourth-order valence-corrected chi connectivity index (χ4v) is 2.28. The van der Waals surface area contributed by atoms with Crippen LogP contribution < -0.4 is 11.1 Å². The van der Waals surface area contributed by atoms with E-state index in [9.17, 15) is 4.79 Å². The van der Waals surface area contributed by atoms with Gasteiger partial charge in [-0.3, -0.25) is 9.69 Å². The monoisotopic (exact) mass is 277 g/mol. The van der Waals surface area contributed by atoms with E-state index in [4.69, 9.17) is 10.5 Å². The number of nitrogens with one attached hydrogen (secondary N) is 1. The first-order chi connectivity index (χ1) is 9.78. The van der Waals surface area contributed by atoms with E-state index in [-0.39, 0.29) is 5.91 Å². The minimum atomic E-state index is 0.00563. The lowest BCUT2D eigenvalue weighted by molar-refractivity contribution is -0.121. The van der Waals surface area contributed by atoms with Gasteiger partial charge in [-0.15, -0.1) is 0 Å². The molecule has 3 N–H and O–H groups in total. The molecular weight excluding hydrogens is 254 g/mol. The van der Waals surface area contributed by atoms with Crippen LogP contribution in [0.15, 0.2) is 24.3 Å². The van der Waals surface area contributed by atoms with Gasteiger partial charge in [0.15, 0.2) is 0 Å². The van der Waals surface area contributed by atoms with Crippen molar-refractivity contribution in [2.75, 3.05) is 32.8 Å². The highest BCUT2D eigenvalue weighted by Crippen LogP contribution is 2.10. The molecule has 5 nitrogen and oxygen atoms in total. The van der Waals surface area contributed by atoms with Crippen molar-refractivity contribution in [1.29, 1.82) is 0 Å². The first kappa shape index (κ1) is 15.0. The maximum absolute atomic E-state index is 11.4. The molecule has 0 bridgehead atoms. The van der Waals surface area contributed by atoms with Crippen molar-refractivity contribution in [1.82, 2.24) is 10.2 Å². The first-order valence-corrected chi connectivity index (χ1v) is 7.12. The van der Waals surface area contributed by atoms with E-state index in [1.54, 1.807) is 0 Å². The van der Waals surface area contributed by atoms with Gasteiger partial charge in [-0.05, 0) is 11.1 Å². The van der Waals surface area contributed by atoms with Gasteiger partial charge in [-0.2, -0.15) is 0 Å². The molecule has 1 amide bonds. The molecule has 1 saturated heterocycles. The summed E-state index contributed by atoms with van der Waals surface area (Å²) in [5.74, 6) is 0.00563. The van der Waals surface area contributed by atoms with Gasteiger partial charge in [0.05, 0.1) is 13.2 Å². The Morgan fingerprint density at radius 3 is 2.80 bits per heavy atom. The second kappa shape index (κ2) is 7.99. The SMILES string of the molecule is NCCC(=O)NCc1cccc(CN2CCOCC2)c1. The number of rotatable bonds is 6. The lowest BCUT2D eigenvalue weighted by Crippen LogP contribution is -2.35. The molecule has 0 unspecified atom stereocenters. The Morgan fingerprint density at radius 2 is 2.05 bits per heavy atom. The van der Waals surface area contributed by atoms with Gasteiger partial charge in [-0.25, -0.2) is 0 Å². The molecule has 0 atom stereocenters. The number of amides is 1. The summed E-state index contributed by atoms with van der Waals surface area (Å²) in [7, 11) is 0. The lowest BCUT2D eigenvalue weighted by atomic mass is 10.1. The largest absolute Gasteiger partial charge is 0.379 e. The minimum Gasteiger partial charge on any atom is -0.379 e. The molecule has 2 rings (SSSR count). The van der Waals surface area contributed by atoms with Crippen molar-refractivity contribution in [3.05, 3.63) is 35.4 Å². The molecule has 1 aliphatic rings. The molecule has 1 heterocycles. The Morgan fingerprint density at radius 1 is 1.30 bits per heavy atom. The summed E-state index contributed by atoms with van der Waals surface area (Å²) in [5.41, 5.74) is 7.75. The summed E-state index contributed by atoms with van der Waals surface area (Å²) in [6, 6.07) is 8.35. The topological polar surface area (TPSA) is 67.6 Å². The normalized spacial score (nSPS) is 16.1. The molecule has 5 heteroatoms. The zero-order valence-corrected chi connectivity index (χ0v) is 11.8. The highest BCUT2D eigenvalue weighted by Gasteiger charge is 2.10. The second-order valence-electron chi connectivity index (χ2n) is 5.02. The van der Waals surface area contributed by atoms with Crippen molar-refractivity contribution in [2.45, 2.75) is 19.5 Å². The fraction of sp³-hybridized carbons (Fsp3) is 0.533. The quantitative estimate of drug-likeness (QED) is 0.794. The van der Waals surface area contributed by atoms with Crippen molar-refractivity contribution in [3.63, 3.8) is 0 Å². The number of carbonyl (C=O) groups excluding carboxylic acids is 1. The Hall–Kier alpha value is -1.43. The van der Waals surface area contributed by atoms with E-state index in [1.165, 1.54) is 5.56 Å². The molecule has 0 aliphatic carbocycles. The Balaban J connectivity index is 1.85. The van der Waals surface area contributed by atoms with Crippen LogP contribution in [0.25, 0.3) is 0 Å². The standard InChI is InChI=1S/C15H23N3O2/c16-5-4-15(19)17-11-13-2-1-3-14(10-13)12-18-6-8-20-9-7-18/h1-3,10H,4-9,11-12,16H2,(H,17,19). The summed E-state index contributed by atoms with van der Waals surface area (Å²) in [4.78, 5) is 13.8. The molecule has 1 fully saturated rings. The van der Waals surface area contributed by atoms with E-state index < -0.39 is 0 Å². The van der Waals surface area contributed by atoms with Gasteiger partial charge in [-0.1, -0.05) is 24.3 Å². The first-order valence-electron chi connectivity index (χ1n) is 7.12. The number of benzene rings is 1. The molecule has 20 heavy (non-hydrogen) atoms. The minimum absolute atomic E-state index is 0.00563. The lowest BCUT2D eigenvalue weighted by Gasteiger charge is -2.26. The Kier molecular flexibility index (Phi) is 5.98. The number of hydrogen-bond donors (Lipinski definition) is 2. The average molecular weight is 277 g/mol. The maximum Gasteiger partial charge on any atom is 0.221 e. The number of carbonyl (C=O) groups is 1. The molecule has 0 radical (unpaired) electrons. The van der Waals surface area contributed by atoms with Gasteiger partial charge in [0.2, 0.25) is 5.91 Å². The van der Waals surface area contributed by atoms with Gasteiger partial charge >= 0.3 is 0 Å². The summed E-state index contributed by atoms with van der Waals surface area (Å²) in [6.45, 7) is 5.49. The fourth-order valence-electron chi connectivity index (χ4n) is 2.28. The number of nitrogens with two attached hydrogens (primary N) is 1. The van der Waals surface area contributed by atoms with Crippen molar-refractivity contribution >= 4 is 5.91 Å². The van der Waals surface area contributed by atoms with Crippen LogP contribution >= 0.6 is 0 Å². The number of nitrogens with zero attached hydrogens (tertiary/aromatic N) is 1. The smallest absolute Gasteiger partial charge is 0.221 e. The van der Waals surface area contributed by atoms with Crippen LogP contribution in [0.3, 0.4) is 0 Å². The predicted molar refractivity (Wildman–Crippen MR) is 78.1 cm³/mol. The van der Waals surface area contributed by atoms with Gasteiger partial charge in [0.25, 0.3) is 0 Å². The third-order valence-corrected chi connectivity index (χ3v) is 3.36. The molecule has 1 aliphatic heterocycles. The van der Waals surface area contributed by atoms with Crippen molar-refractivity contribution < 1.29 is 9.53 Å². The van der Waals surface area contributed by atoms with Crippen LogP contribution in [0.1, 0.15) is 17.5 Å². The predicted octanol–water partition coefficient (Wildman–Crippen LogP) is 0.484. The van der Waals surface area contributed by atoms with Crippen LogP contribution in [-0.2, 0) is 22.6 Å². The Bertz CT molecular complexity index is 431. The van der Waals surface area contributed by atoms with E-state index >= 15 is 0 Å².